The van der Waals surface area contributed by atoms with Crippen LogP contribution in [0.4, 0.5) is 5.69 Å². The molecule has 5 rings (SSSR count). The molecule has 2 heterocycles. The van der Waals surface area contributed by atoms with Crippen molar-refractivity contribution in [2.24, 2.45) is 0 Å². The molecule has 1 aliphatic carbocycles. The molecule has 1 amide bonds. The van der Waals surface area contributed by atoms with E-state index >= 15 is 0 Å². The zero-order valence-electron chi connectivity index (χ0n) is 17.3. The van der Waals surface area contributed by atoms with Gasteiger partial charge in [-0.05, 0) is 34.9 Å². The van der Waals surface area contributed by atoms with Gasteiger partial charge in [-0.15, -0.1) is 0 Å². The topological polar surface area (TPSA) is 123 Å². The summed E-state index contributed by atoms with van der Waals surface area (Å²) >= 11 is 6.34. The molecule has 5 N–H and O–H groups in total. The molecule has 0 saturated carbocycles. The molecule has 2 atom stereocenters. The Bertz CT molecular complexity index is 1370. The van der Waals surface area contributed by atoms with Crippen LogP contribution >= 0.6 is 11.6 Å². The number of carbonyl (C=O) groups is 1. The minimum Gasteiger partial charge on any atom is -0.383 e. The van der Waals surface area contributed by atoms with Gasteiger partial charge in [-0.3, -0.25) is 9.89 Å². The van der Waals surface area contributed by atoms with Gasteiger partial charge in [0.05, 0.1) is 28.8 Å². The minimum absolute atomic E-state index is 0.167. The third-order valence-corrected chi connectivity index (χ3v) is 6.01. The fraction of sp³-hybridized carbons (Fsp3) is 0.125. The number of aromatic amines is 1. The number of aliphatic hydroxyl groups excluding tert-OH is 2. The highest BCUT2D eigenvalue weighted by molar-refractivity contribution is 6.30. The van der Waals surface area contributed by atoms with Crippen LogP contribution in [0.5, 0.6) is 0 Å². The van der Waals surface area contributed by atoms with Gasteiger partial charge in [0.15, 0.2) is 5.65 Å². The van der Waals surface area contributed by atoms with Crippen molar-refractivity contribution >= 4 is 34.2 Å². The first kappa shape index (κ1) is 21.1. The molecule has 0 aliphatic heterocycles. The Morgan fingerprint density at radius 1 is 1.03 bits per heavy atom. The maximum atomic E-state index is 12.6. The number of aromatic nitrogens is 3. The zero-order chi connectivity index (χ0) is 22.9. The van der Waals surface area contributed by atoms with Gasteiger partial charge in [0, 0.05) is 17.5 Å². The normalized spacial score (nSPS) is 17.7. The van der Waals surface area contributed by atoms with Gasteiger partial charge in [-0.2, -0.15) is 5.10 Å². The van der Waals surface area contributed by atoms with Crippen LogP contribution < -0.4 is 10.6 Å². The molecule has 8 nitrogen and oxygen atoms in total. The lowest BCUT2D eigenvalue weighted by Gasteiger charge is -2.29. The fourth-order valence-electron chi connectivity index (χ4n) is 3.84. The van der Waals surface area contributed by atoms with Crippen molar-refractivity contribution in [2.45, 2.75) is 18.8 Å². The van der Waals surface area contributed by atoms with Crippen LogP contribution in [0.3, 0.4) is 0 Å². The molecule has 0 radical (unpaired) electrons. The Morgan fingerprint density at radius 3 is 2.52 bits per heavy atom. The first-order chi connectivity index (χ1) is 16.0. The summed E-state index contributed by atoms with van der Waals surface area (Å²) in [7, 11) is 0. The van der Waals surface area contributed by atoms with Crippen molar-refractivity contribution in [1.29, 1.82) is 0 Å². The minimum atomic E-state index is -0.990. The maximum Gasteiger partial charge on any atom is 0.255 e. The van der Waals surface area contributed by atoms with E-state index in [0.29, 0.717) is 40.3 Å². The predicted molar refractivity (Wildman–Crippen MR) is 124 cm³/mol. The second-order valence-corrected chi connectivity index (χ2v) is 8.14. The average Bonchev–Trinajstić information content (AvgIpc) is 3.31. The van der Waals surface area contributed by atoms with E-state index in [1.54, 1.807) is 54.9 Å². The predicted octanol–water partition coefficient (Wildman–Crippen LogP) is 3.53. The van der Waals surface area contributed by atoms with Gasteiger partial charge in [0.2, 0.25) is 0 Å². The van der Waals surface area contributed by atoms with E-state index in [1.165, 1.54) is 0 Å². The summed E-state index contributed by atoms with van der Waals surface area (Å²) < 4.78 is 0. The molecule has 2 aromatic heterocycles. The van der Waals surface area contributed by atoms with E-state index < -0.39 is 12.2 Å². The maximum absolute atomic E-state index is 12.6. The lowest BCUT2D eigenvalue weighted by molar-refractivity contribution is 0.102. The molecule has 1 aliphatic rings. The molecule has 9 heteroatoms. The smallest absolute Gasteiger partial charge is 0.255 e. The van der Waals surface area contributed by atoms with Crippen LogP contribution in [0.25, 0.3) is 11.0 Å². The number of H-pyrrole nitrogens is 1. The van der Waals surface area contributed by atoms with Crippen molar-refractivity contribution in [3.8, 4) is 0 Å². The number of carbonyl (C=O) groups excluding carboxylic acids is 1. The van der Waals surface area contributed by atoms with E-state index in [-0.39, 0.29) is 10.9 Å². The van der Waals surface area contributed by atoms with E-state index in [0.717, 1.165) is 10.9 Å². The van der Waals surface area contributed by atoms with Crippen molar-refractivity contribution < 1.29 is 15.0 Å². The number of fused-ring (bicyclic) bond motifs is 2. The molecule has 0 fully saturated rings. The molecule has 2 unspecified atom stereocenters. The van der Waals surface area contributed by atoms with Crippen molar-refractivity contribution in [1.82, 2.24) is 20.5 Å². The fourth-order valence-corrected chi connectivity index (χ4v) is 4.13. The molecule has 2 aromatic carbocycles. The van der Waals surface area contributed by atoms with E-state index in [4.69, 9.17) is 11.6 Å². The molecular weight excluding hydrogens is 442 g/mol. The third kappa shape index (κ3) is 4.07. The summed E-state index contributed by atoms with van der Waals surface area (Å²) in [5, 5.41) is 34.8. The van der Waals surface area contributed by atoms with Gasteiger partial charge < -0.3 is 20.8 Å². The number of rotatable bonds is 5. The summed E-state index contributed by atoms with van der Waals surface area (Å²) in [5.41, 5.74) is 4.18. The molecule has 166 valence electrons. The summed E-state index contributed by atoms with van der Waals surface area (Å²) in [4.78, 5) is 16.8. The van der Waals surface area contributed by atoms with E-state index in [2.05, 4.69) is 25.8 Å². The monoisotopic (exact) mass is 461 g/mol. The Balaban J connectivity index is 1.25. The van der Waals surface area contributed by atoms with Gasteiger partial charge in [-0.1, -0.05) is 48.0 Å². The number of amides is 1. The summed E-state index contributed by atoms with van der Waals surface area (Å²) in [5.74, 6) is -0.257. The Hall–Kier alpha value is -3.72. The van der Waals surface area contributed by atoms with Gasteiger partial charge in [-0.25, -0.2) is 4.98 Å². The van der Waals surface area contributed by atoms with E-state index in [1.807, 2.05) is 12.1 Å². The highest BCUT2D eigenvalue weighted by atomic mass is 35.5. The van der Waals surface area contributed by atoms with Crippen molar-refractivity contribution in [3.05, 3.63) is 100.0 Å². The number of pyridine rings is 1. The molecule has 0 saturated heterocycles. The standard InChI is InChI=1S/C24H20ClN5O3/c25-19-20(22(32)18-4-2-1-3-17(18)21(19)31)26-10-13-5-7-14(8-6-13)24(33)29-16-9-15-11-28-30-23(15)27-12-16/h1-9,11-12,21-22,26,31-32H,10H2,(H,29,33)(H,27,28,30). The molecule has 0 bridgehead atoms. The van der Waals surface area contributed by atoms with Gasteiger partial charge in [0.25, 0.3) is 5.91 Å². The van der Waals surface area contributed by atoms with Crippen LogP contribution in [0.1, 0.15) is 39.3 Å². The van der Waals surface area contributed by atoms with Gasteiger partial charge >= 0.3 is 0 Å². The second-order valence-electron chi connectivity index (χ2n) is 7.73. The molecule has 4 aromatic rings. The largest absolute Gasteiger partial charge is 0.383 e. The van der Waals surface area contributed by atoms with Crippen molar-refractivity contribution in [3.63, 3.8) is 0 Å². The Labute approximate surface area is 193 Å². The summed E-state index contributed by atoms with van der Waals surface area (Å²) in [6.07, 6.45) is 1.26. The van der Waals surface area contributed by atoms with Crippen LogP contribution in [0.15, 0.2) is 77.7 Å². The Kier molecular flexibility index (Phi) is 5.55. The number of nitrogens with one attached hydrogen (secondary N) is 3. The van der Waals surface area contributed by atoms with Crippen LogP contribution in [0, 0.1) is 0 Å². The quantitative estimate of drug-likeness (QED) is 0.310. The molecular formula is C24H20ClN5O3. The van der Waals surface area contributed by atoms with Crippen LogP contribution in [0.2, 0.25) is 0 Å². The highest BCUT2D eigenvalue weighted by Gasteiger charge is 2.31. The second kappa shape index (κ2) is 8.67. The third-order valence-electron chi connectivity index (χ3n) is 5.60. The Morgan fingerprint density at radius 2 is 1.76 bits per heavy atom. The number of aliphatic hydroxyl groups is 2. The molecule has 33 heavy (non-hydrogen) atoms. The van der Waals surface area contributed by atoms with Crippen LogP contribution in [-0.2, 0) is 6.54 Å². The molecule has 0 spiro atoms. The number of anilines is 1. The first-order valence-corrected chi connectivity index (χ1v) is 10.7. The number of nitrogens with zero attached hydrogens (tertiary/aromatic N) is 2. The van der Waals surface area contributed by atoms with Gasteiger partial charge in [0.1, 0.15) is 12.2 Å². The first-order valence-electron chi connectivity index (χ1n) is 10.3. The summed E-state index contributed by atoms with van der Waals surface area (Å²) in [6.45, 7) is 0.362. The van der Waals surface area contributed by atoms with E-state index in [9.17, 15) is 15.0 Å². The number of benzene rings is 2. The SMILES string of the molecule is O=C(Nc1cnc2[nH]ncc2c1)c1ccc(CNC2=C(Cl)C(O)c3ccccc3C2O)cc1. The van der Waals surface area contributed by atoms with Crippen molar-refractivity contribution in [2.75, 3.05) is 5.32 Å². The number of halogens is 1. The lowest BCUT2D eigenvalue weighted by atomic mass is 9.90. The highest BCUT2D eigenvalue weighted by Crippen LogP contribution is 2.40. The average molecular weight is 462 g/mol. The summed E-state index contributed by atoms with van der Waals surface area (Å²) in [6, 6.07) is 16.0. The lowest BCUT2D eigenvalue weighted by Crippen LogP contribution is -2.26. The zero-order valence-corrected chi connectivity index (χ0v) is 18.0. The number of hydrogen-bond donors (Lipinski definition) is 5. The van der Waals surface area contributed by atoms with Crippen LogP contribution in [-0.4, -0.2) is 31.3 Å². The number of hydrogen-bond acceptors (Lipinski definition) is 6.